The molecule has 0 fully saturated rings. The lowest BCUT2D eigenvalue weighted by Gasteiger charge is -2.30. The summed E-state index contributed by atoms with van der Waals surface area (Å²) in [5.41, 5.74) is 2.36. The number of hydrogen-bond donors (Lipinski definition) is 0. The second kappa shape index (κ2) is 11.7. The molecule has 0 aliphatic rings. The number of anilines is 1. The number of carbonyl (C=O) groups is 1. The standard InChI is InChI=1S/C22H30N2O.ClH/c1-4-22(25)24(21-13-9-6-10-14-21)19(2)15-17-23(3)18-16-20-11-7-5-8-12-20;/h5-14,19H,4,15-18H2,1-3H3;1H. The van der Waals surface area contributed by atoms with E-state index in [1.165, 1.54) is 5.56 Å². The number of hydrogen-bond acceptors (Lipinski definition) is 2. The number of nitrogens with zero attached hydrogens (tertiary/aromatic N) is 2. The fourth-order valence-electron chi connectivity index (χ4n) is 3.02. The van der Waals surface area contributed by atoms with Crippen molar-refractivity contribution in [2.24, 2.45) is 0 Å². The third-order valence-electron chi connectivity index (χ3n) is 4.60. The Kier molecular flexibility index (Phi) is 10.0. The van der Waals surface area contributed by atoms with Crippen molar-refractivity contribution >= 4 is 24.0 Å². The molecule has 1 amide bonds. The first kappa shape index (κ1) is 22.2. The third-order valence-corrected chi connectivity index (χ3v) is 4.60. The average Bonchev–Trinajstić information content (AvgIpc) is 2.66. The summed E-state index contributed by atoms with van der Waals surface area (Å²) in [6.07, 6.45) is 2.55. The molecule has 0 aromatic heterocycles. The first-order valence-electron chi connectivity index (χ1n) is 9.21. The van der Waals surface area contributed by atoms with Gasteiger partial charge >= 0.3 is 0 Å². The molecule has 142 valence electrons. The van der Waals surface area contributed by atoms with Crippen molar-refractivity contribution in [1.82, 2.24) is 4.90 Å². The molecule has 26 heavy (non-hydrogen) atoms. The zero-order chi connectivity index (χ0) is 18.1. The van der Waals surface area contributed by atoms with Gasteiger partial charge in [0.25, 0.3) is 0 Å². The molecule has 0 bridgehead atoms. The van der Waals surface area contributed by atoms with Crippen LogP contribution in [0.1, 0.15) is 32.3 Å². The van der Waals surface area contributed by atoms with Crippen molar-refractivity contribution in [2.75, 3.05) is 25.0 Å². The normalized spacial score (nSPS) is 11.7. The van der Waals surface area contributed by atoms with Gasteiger partial charge in [-0.3, -0.25) is 4.79 Å². The molecular formula is C22H31ClN2O. The van der Waals surface area contributed by atoms with Crippen LogP contribution in [0.2, 0.25) is 0 Å². The quantitative estimate of drug-likeness (QED) is 0.629. The summed E-state index contributed by atoms with van der Waals surface area (Å²) in [5.74, 6) is 0.186. The minimum Gasteiger partial charge on any atom is -0.310 e. The van der Waals surface area contributed by atoms with Crippen LogP contribution in [0.25, 0.3) is 0 Å². The molecule has 0 aliphatic heterocycles. The van der Waals surface area contributed by atoms with E-state index in [1.54, 1.807) is 0 Å². The van der Waals surface area contributed by atoms with Gasteiger partial charge in [0, 0.05) is 24.7 Å². The highest BCUT2D eigenvalue weighted by molar-refractivity contribution is 5.93. The van der Waals surface area contributed by atoms with Crippen LogP contribution in [0.4, 0.5) is 5.69 Å². The van der Waals surface area contributed by atoms with Gasteiger partial charge in [0.1, 0.15) is 0 Å². The van der Waals surface area contributed by atoms with E-state index >= 15 is 0 Å². The summed E-state index contributed by atoms with van der Waals surface area (Å²) in [5, 5.41) is 0. The van der Waals surface area contributed by atoms with Gasteiger partial charge in [0.15, 0.2) is 0 Å². The van der Waals surface area contributed by atoms with E-state index in [1.807, 2.05) is 42.2 Å². The zero-order valence-electron chi connectivity index (χ0n) is 16.1. The van der Waals surface area contributed by atoms with E-state index in [-0.39, 0.29) is 24.4 Å². The lowest BCUT2D eigenvalue weighted by molar-refractivity contribution is -0.118. The molecule has 4 heteroatoms. The maximum Gasteiger partial charge on any atom is 0.226 e. The van der Waals surface area contributed by atoms with Crippen molar-refractivity contribution in [3.05, 3.63) is 66.2 Å². The number of amides is 1. The number of halogens is 1. The van der Waals surface area contributed by atoms with E-state index in [0.717, 1.165) is 31.6 Å². The maximum atomic E-state index is 12.4. The molecule has 0 saturated heterocycles. The molecule has 0 heterocycles. The second-order valence-electron chi connectivity index (χ2n) is 6.63. The number of carbonyl (C=O) groups excluding carboxylic acids is 1. The molecule has 0 saturated carbocycles. The van der Waals surface area contributed by atoms with Gasteiger partial charge < -0.3 is 9.80 Å². The highest BCUT2D eigenvalue weighted by atomic mass is 35.5. The Morgan fingerprint density at radius 3 is 2.12 bits per heavy atom. The van der Waals surface area contributed by atoms with Crippen LogP contribution in [0, 0.1) is 0 Å². The largest absolute Gasteiger partial charge is 0.310 e. The lowest BCUT2D eigenvalue weighted by atomic mass is 10.1. The number of para-hydroxylation sites is 1. The molecule has 0 aliphatic carbocycles. The van der Waals surface area contributed by atoms with Crippen LogP contribution in [-0.4, -0.2) is 37.0 Å². The number of likely N-dealkylation sites (N-methyl/N-ethyl adjacent to an activating group) is 1. The van der Waals surface area contributed by atoms with E-state index < -0.39 is 0 Å². The monoisotopic (exact) mass is 374 g/mol. The Hall–Kier alpha value is -1.84. The van der Waals surface area contributed by atoms with Crippen molar-refractivity contribution in [1.29, 1.82) is 0 Å². The van der Waals surface area contributed by atoms with E-state index in [2.05, 4.69) is 49.2 Å². The molecule has 2 aromatic rings. The Labute approximate surface area is 164 Å². The molecule has 0 radical (unpaired) electrons. The van der Waals surface area contributed by atoms with Crippen LogP contribution in [0.5, 0.6) is 0 Å². The molecule has 2 aromatic carbocycles. The molecular weight excluding hydrogens is 344 g/mol. The van der Waals surface area contributed by atoms with Crippen LogP contribution in [-0.2, 0) is 11.2 Å². The van der Waals surface area contributed by atoms with Crippen molar-refractivity contribution in [2.45, 2.75) is 39.2 Å². The Morgan fingerprint density at radius 1 is 0.962 bits per heavy atom. The fraction of sp³-hybridized carbons (Fsp3) is 0.409. The van der Waals surface area contributed by atoms with Gasteiger partial charge in [0.05, 0.1) is 0 Å². The Bertz CT molecular complexity index is 633. The van der Waals surface area contributed by atoms with Gasteiger partial charge in [-0.25, -0.2) is 0 Å². The molecule has 0 spiro atoms. The first-order chi connectivity index (χ1) is 12.1. The van der Waals surface area contributed by atoms with Crippen LogP contribution in [0.3, 0.4) is 0 Å². The van der Waals surface area contributed by atoms with Crippen molar-refractivity contribution < 1.29 is 4.79 Å². The highest BCUT2D eigenvalue weighted by Crippen LogP contribution is 2.19. The van der Waals surface area contributed by atoms with E-state index in [9.17, 15) is 4.79 Å². The summed E-state index contributed by atoms with van der Waals surface area (Å²) in [4.78, 5) is 16.7. The van der Waals surface area contributed by atoms with Gasteiger partial charge in [-0.1, -0.05) is 55.5 Å². The average molecular weight is 375 g/mol. The zero-order valence-corrected chi connectivity index (χ0v) is 16.9. The molecule has 1 unspecified atom stereocenters. The summed E-state index contributed by atoms with van der Waals surface area (Å²) < 4.78 is 0. The Morgan fingerprint density at radius 2 is 1.54 bits per heavy atom. The molecule has 3 nitrogen and oxygen atoms in total. The first-order valence-corrected chi connectivity index (χ1v) is 9.21. The van der Waals surface area contributed by atoms with Gasteiger partial charge in [-0.2, -0.15) is 0 Å². The molecule has 0 N–H and O–H groups in total. The van der Waals surface area contributed by atoms with Crippen molar-refractivity contribution in [3.63, 3.8) is 0 Å². The summed E-state index contributed by atoms with van der Waals surface area (Å²) in [6, 6.07) is 20.8. The Balaban J connectivity index is 0.00000338. The molecule has 2 rings (SSSR count). The lowest BCUT2D eigenvalue weighted by Crippen LogP contribution is -2.40. The van der Waals surface area contributed by atoms with Gasteiger partial charge in [0.2, 0.25) is 5.91 Å². The smallest absolute Gasteiger partial charge is 0.226 e. The highest BCUT2D eigenvalue weighted by Gasteiger charge is 2.20. The van der Waals surface area contributed by atoms with Gasteiger partial charge in [-0.05, 0) is 51.1 Å². The molecule has 1 atom stereocenters. The maximum absolute atomic E-state index is 12.4. The summed E-state index contributed by atoms with van der Waals surface area (Å²) >= 11 is 0. The number of benzene rings is 2. The summed E-state index contributed by atoms with van der Waals surface area (Å²) in [7, 11) is 2.16. The topological polar surface area (TPSA) is 23.6 Å². The predicted octanol–water partition coefficient (Wildman–Crippen LogP) is 4.80. The third kappa shape index (κ3) is 6.81. The van der Waals surface area contributed by atoms with Gasteiger partial charge in [-0.15, -0.1) is 12.4 Å². The van der Waals surface area contributed by atoms with E-state index in [0.29, 0.717) is 6.42 Å². The fourth-order valence-corrected chi connectivity index (χ4v) is 3.02. The van der Waals surface area contributed by atoms with Crippen molar-refractivity contribution in [3.8, 4) is 0 Å². The van der Waals surface area contributed by atoms with Crippen LogP contribution in [0.15, 0.2) is 60.7 Å². The van der Waals surface area contributed by atoms with Crippen LogP contribution >= 0.6 is 12.4 Å². The summed E-state index contributed by atoms with van der Waals surface area (Å²) in [6.45, 7) is 6.08. The minimum absolute atomic E-state index is 0. The second-order valence-corrected chi connectivity index (χ2v) is 6.63. The van der Waals surface area contributed by atoms with Crippen LogP contribution < -0.4 is 4.90 Å². The SMILES string of the molecule is CCC(=O)N(c1ccccc1)C(C)CCN(C)CCc1ccccc1.Cl. The minimum atomic E-state index is 0. The predicted molar refractivity (Wildman–Crippen MR) is 113 cm³/mol. The number of rotatable bonds is 9. The van der Waals surface area contributed by atoms with E-state index in [4.69, 9.17) is 0 Å².